The number of aliphatic hydroxyl groups excluding tert-OH is 1. The van der Waals surface area contributed by atoms with Gasteiger partial charge in [-0.3, -0.25) is 0 Å². The summed E-state index contributed by atoms with van der Waals surface area (Å²) in [5.74, 6) is 0. The van der Waals surface area contributed by atoms with Gasteiger partial charge in [-0.15, -0.1) is 0 Å². The first-order chi connectivity index (χ1) is 5.70. The van der Waals surface area contributed by atoms with Crippen molar-refractivity contribution in [3.8, 4) is 6.07 Å². The number of rotatable bonds is 1. The second-order valence-corrected chi connectivity index (χ2v) is 3.36. The lowest BCUT2D eigenvalue weighted by Crippen LogP contribution is -1.90. The maximum Gasteiger partial charge on any atom is 0.100 e. The summed E-state index contributed by atoms with van der Waals surface area (Å²) in [5.41, 5.74) is 1.03. The van der Waals surface area contributed by atoms with E-state index < -0.39 is 0 Å². The molecule has 0 atom stereocenters. The summed E-state index contributed by atoms with van der Waals surface area (Å²) in [7, 11) is 0. The van der Waals surface area contributed by atoms with Crippen molar-refractivity contribution in [3.05, 3.63) is 32.8 Å². The number of hydrogen-bond acceptors (Lipinski definition) is 2. The highest BCUT2D eigenvalue weighted by Gasteiger charge is 2.08. The fourth-order valence-corrected chi connectivity index (χ4v) is 1.72. The van der Waals surface area contributed by atoms with Gasteiger partial charge in [-0.05, 0) is 28.1 Å². The zero-order chi connectivity index (χ0) is 9.14. The fourth-order valence-electron chi connectivity index (χ4n) is 0.829. The molecular weight excluding hydrogens is 241 g/mol. The van der Waals surface area contributed by atoms with Crippen LogP contribution in [0.3, 0.4) is 0 Å². The first-order valence-corrected chi connectivity index (χ1v) is 4.35. The van der Waals surface area contributed by atoms with Gasteiger partial charge >= 0.3 is 0 Å². The average molecular weight is 246 g/mol. The second-order valence-electron chi connectivity index (χ2n) is 2.16. The number of nitrogens with zero attached hydrogens (tertiary/aromatic N) is 1. The maximum atomic E-state index is 8.90. The van der Waals surface area contributed by atoms with Crippen molar-refractivity contribution in [1.29, 1.82) is 5.26 Å². The normalized spacial score (nSPS) is 9.50. The Morgan fingerprint density at radius 3 is 2.75 bits per heavy atom. The Balaban J connectivity index is 3.36. The molecule has 0 spiro atoms. The van der Waals surface area contributed by atoms with Crippen LogP contribution in [0.4, 0.5) is 0 Å². The smallest absolute Gasteiger partial charge is 0.100 e. The summed E-state index contributed by atoms with van der Waals surface area (Å²) in [6.07, 6.45) is 0. The molecule has 62 valence electrons. The third kappa shape index (κ3) is 1.61. The molecule has 0 heterocycles. The molecule has 0 unspecified atom stereocenters. The summed E-state index contributed by atoms with van der Waals surface area (Å²) in [5, 5.41) is 18.0. The molecule has 1 aromatic carbocycles. The Morgan fingerprint density at radius 1 is 1.58 bits per heavy atom. The Morgan fingerprint density at radius 2 is 2.25 bits per heavy atom. The summed E-state index contributed by atoms with van der Waals surface area (Å²) in [4.78, 5) is 0. The van der Waals surface area contributed by atoms with E-state index in [0.29, 0.717) is 20.6 Å². The standard InChI is InChI=1S/C8H5BrClNO/c9-8-5(3-11)1-2-7(10)6(8)4-12/h1-2,12H,4H2. The van der Waals surface area contributed by atoms with E-state index in [1.54, 1.807) is 12.1 Å². The van der Waals surface area contributed by atoms with Crippen LogP contribution in [0.25, 0.3) is 0 Å². The van der Waals surface area contributed by atoms with Gasteiger partial charge in [-0.2, -0.15) is 5.26 Å². The molecule has 1 rings (SSSR count). The molecule has 2 nitrogen and oxygen atoms in total. The molecule has 0 radical (unpaired) electrons. The number of benzene rings is 1. The molecule has 0 aliphatic heterocycles. The van der Waals surface area contributed by atoms with Gasteiger partial charge in [-0.1, -0.05) is 11.6 Å². The molecule has 0 aliphatic carbocycles. The minimum atomic E-state index is -0.172. The zero-order valence-corrected chi connectivity index (χ0v) is 8.35. The third-order valence-electron chi connectivity index (χ3n) is 1.46. The van der Waals surface area contributed by atoms with Gasteiger partial charge in [-0.25, -0.2) is 0 Å². The van der Waals surface area contributed by atoms with Gasteiger partial charge in [0.2, 0.25) is 0 Å². The highest BCUT2D eigenvalue weighted by Crippen LogP contribution is 2.27. The summed E-state index contributed by atoms with van der Waals surface area (Å²) >= 11 is 8.94. The van der Waals surface area contributed by atoms with Gasteiger partial charge in [0, 0.05) is 15.1 Å². The molecule has 0 amide bonds. The van der Waals surface area contributed by atoms with E-state index in [4.69, 9.17) is 22.0 Å². The number of halogens is 2. The van der Waals surface area contributed by atoms with Crippen LogP contribution in [0.2, 0.25) is 5.02 Å². The van der Waals surface area contributed by atoms with Gasteiger partial charge in [0.15, 0.2) is 0 Å². The van der Waals surface area contributed by atoms with Crippen LogP contribution >= 0.6 is 27.5 Å². The molecule has 0 saturated carbocycles. The van der Waals surface area contributed by atoms with E-state index in [9.17, 15) is 0 Å². The highest BCUT2D eigenvalue weighted by molar-refractivity contribution is 9.10. The van der Waals surface area contributed by atoms with E-state index in [0.717, 1.165) is 0 Å². The van der Waals surface area contributed by atoms with E-state index >= 15 is 0 Å². The summed E-state index contributed by atoms with van der Waals surface area (Å²) in [6, 6.07) is 5.18. The molecule has 0 aliphatic rings. The molecular formula is C8H5BrClNO. The Bertz CT molecular complexity index is 346. The van der Waals surface area contributed by atoms with Gasteiger partial charge in [0.1, 0.15) is 6.07 Å². The predicted octanol–water partition coefficient (Wildman–Crippen LogP) is 2.47. The minimum Gasteiger partial charge on any atom is -0.392 e. The van der Waals surface area contributed by atoms with E-state index in [-0.39, 0.29) is 6.61 Å². The molecule has 4 heteroatoms. The number of hydrogen-bond donors (Lipinski definition) is 1. The lowest BCUT2D eigenvalue weighted by molar-refractivity contribution is 0.281. The van der Waals surface area contributed by atoms with Gasteiger partial charge in [0.25, 0.3) is 0 Å². The molecule has 0 fully saturated rings. The van der Waals surface area contributed by atoms with E-state index in [1.807, 2.05) is 6.07 Å². The van der Waals surface area contributed by atoms with Crippen molar-refractivity contribution in [3.63, 3.8) is 0 Å². The first kappa shape index (κ1) is 9.53. The highest BCUT2D eigenvalue weighted by atomic mass is 79.9. The number of aliphatic hydroxyl groups is 1. The Labute approximate surface area is 83.5 Å². The predicted molar refractivity (Wildman–Crippen MR) is 49.8 cm³/mol. The molecule has 0 bridgehead atoms. The summed E-state index contributed by atoms with van der Waals surface area (Å²) in [6.45, 7) is -0.172. The fraction of sp³-hybridized carbons (Fsp3) is 0.125. The van der Waals surface area contributed by atoms with Crippen molar-refractivity contribution < 1.29 is 5.11 Å². The Kier molecular flexibility index (Phi) is 3.10. The van der Waals surface area contributed by atoms with Crippen molar-refractivity contribution >= 4 is 27.5 Å². The van der Waals surface area contributed by atoms with E-state index in [1.165, 1.54) is 0 Å². The second kappa shape index (κ2) is 3.90. The van der Waals surface area contributed by atoms with Crippen LogP contribution < -0.4 is 0 Å². The van der Waals surface area contributed by atoms with Crippen LogP contribution in [0.5, 0.6) is 0 Å². The largest absolute Gasteiger partial charge is 0.392 e. The minimum absolute atomic E-state index is 0.172. The lowest BCUT2D eigenvalue weighted by Gasteiger charge is -2.04. The third-order valence-corrected chi connectivity index (χ3v) is 2.72. The lowest BCUT2D eigenvalue weighted by atomic mass is 10.1. The van der Waals surface area contributed by atoms with Crippen molar-refractivity contribution in [2.75, 3.05) is 0 Å². The van der Waals surface area contributed by atoms with Crippen LogP contribution in [0.1, 0.15) is 11.1 Å². The van der Waals surface area contributed by atoms with Gasteiger partial charge < -0.3 is 5.11 Å². The van der Waals surface area contributed by atoms with Crippen LogP contribution in [-0.2, 0) is 6.61 Å². The van der Waals surface area contributed by atoms with Crippen molar-refractivity contribution in [2.24, 2.45) is 0 Å². The van der Waals surface area contributed by atoms with Crippen LogP contribution in [-0.4, -0.2) is 5.11 Å². The SMILES string of the molecule is N#Cc1ccc(Cl)c(CO)c1Br. The van der Waals surface area contributed by atoms with Crippen LogP contribution in [0.15, 0.2) is 16.6 Å². The summed E-state index contributed by atoms with van der Waals surface area (Å²) < 4.78 is 0.569. The molecule has 1 N–H and O–H groups in total. The molecule has 12 heavy (non-hydrogen) atoms. The molecule has 0 aromatic heterocycles. The number of nitriles is 1. The quantitative estimate of drug-likeness (QED) is 0.827. The van der Waals surface area contributed by atoms with Crippen molar-refractivity contribution in [1.82, 2.24) is 0 Å². The average Bonchev–Trinajstić information content (AvgIpc) is 2.06. The topological polar surface area (TPSA) is 44.0 Å². The first-order valence-electron chi connectivity index (χ1n) is 3.18. The van der Waals surface area contributed by atoms with Gasteiger partial charge in [0.05, 0.1) is 12.2 Å². The maximum absolute atomic E-state index is 8.90. The van der Waals surface area contributed by atoms with Crippen LogP contribution in [0, 0.1) is 11.3 Å². The Hall–Kier alpha value is -0.560. The zero-order valence-electron chi connectivity index (χ0n) is 6.01. The molecule has 1 aromatic rings. The van der Waals surface area contributed by atoms with E-state index in [2.05, 4.69) is 15.9 Å². The monoisotopic (exact) mass is 245 g/mol. The van der Waals surface area contributed by atoms with Crippen molar-refractivity contribution in [2.45, 2.75) is 6.61 Å². The molecule has 0 saturated heterocycles.